The third-order valence-corrected chi connectivity index (χ3v) is 3.89. The summed E-state index contributed by atoms with van der Waals surface area (Å²) in [5.74, 6) is 0. The molecule has 1 atom stereocenters. The number of aromatic nitrogens is 2. The molecule has 0 spiro atoms. The van der Waals surface area contributed by atoms with Gasteiger partial charge in [-0.1, -0.05) is 36.8 Å². The first kappa shape index (κ1) is 14.3. The van der Waals surface area contributed by atoms with E-state index in [0.717, 1.165) is 17.4 Å². The van der Waals surface area contributed by atoms with Gasteiger partial charge in [-0.15, -0.1) is 0 Å². The molecule has 0 aliphatic carbocycles. The van der Waals surface area contributed by atoms with Crippen LogP contribution >= 0.6 is 15.9 Å². The van der Waals surface area contributed by atoms with Crippen LogP contribution in [0.5, 0.6) is 0 Å². The lowest BCUT2D eigenvalue weighted by molar-refractivity contribution is 0.506. The van der Waals surface area contributed by atoms with Crippen LogP contribution in [0.15, 0.2) is 34.9 Å². The number of rotatable bonds is 5. The molecule has 0 saturated carbocycles. The maximum Gasteiger partial charge on any atom is 0.0695 e. The van der Waals surface area contributed by atoms with Crippen molar-refractivity contribution in [2.45, 2.75) is 26.3 Å². The Hall–Kier alpha value is -1.13. The van der Waals surface area contributed by atoms with E-state index in [2.05, 4.69) is 64.5 Å². The first-order chi connectivity index (χ1) is 9.11. The molecule has 0 fully saturated rings. The predicted molar refractivity (Wildman–Crippen MR) is 82.2 cm³/mol. The van der Waals surface area contributed by atoms with E-state index in [1.54, 1.807) is 0 Å². The number of likely N-dealkylation sites (N-methyl/N-ethyl adjacent to an activating group) is 1. The monoisotopic (exact) mass is 321 g/mol. The lowest BCUT2D eigenvalue weighted by atomic mass is 10.0. The quantitative estimate of drug-likeness (QED) is 0.914. The molecule has 1 unspecified atom stereocenters. The van der Waals surface area contributed by atoms with Gasteiger partial charge in [0.1, 0.15) is 0 Å². The highest BCUT2D eigenvalue weighted by Gasteiger charge is 2.18. The van der Waals surface area contributed by atoms with Gasteiger partial charge < -0.3 is 5.32 Å². The highest BCUT2D eigenvalue weighted by atomic mass is 79.9. The van der Waals surface area contributed by atoms with E-state index in [1.807, 2.05) is 17.9 Å². The first-order valence-electron chi connectivity index (χ1n) is 6.58. The summed E-state index contributed by atoms with van der Waals surface area (Å²) in [6.45, 7) is 5.18. The fourth-order valence-electron chi connectivity index (χ4n) is 2.28. The zero-order valence-electron chi connectivity index (χ0n) is 11.7. The Morgan fingerprint density at radius 2 is 2.00 bits per heavy atom. The van der Waals surface area contributed by atoms with Gasteiger partial charge >= 0.3 is 0 Å². The van der Waals surface area contributed by atoms with Gasteiger partial charge in [-0.05, 0) is 41.4 Å². The molecule has 0 aliphatic rings. The Labute approximate surface area is 123 Å². The molecule has 1 aromatic heterocycles. The molecule has 102 valence electrons. The van der Waals surface area contributed by atoms with Crippen LogP contribution in [0.1, 0.15) is 29.8 Å². The Bertz CT molecular complexity index is 511. The zero-order valence-corrected chi connectivity index (χ0v) is 13.2. The fourth-order valence-corrected chi connectivity index (χ4v) is 2.91. The fraction of sp³-hybridized carbons (Fsp3) is 0.400. The van der Waals surface area contributed by atoms with E-state index < -0.39 is 0 Å². The van der Waals surface area contributed by atoms with E-state index in [-0.39, 0.29) is 6.04 Å². The normalized spacial score (nSPS) is 12.6. The lowest BCUT2D eigenvalue weighted by Gasteiger charge is -2.19. The second-order valence-corrected chi connectivity index (χ2v) is 5.66. The van der Waals surface area contributed by atoms with Crippen molar-refractivity contribution >= 4 is 15.9 Å². The molecular weight excluding hydrogens is 302 g/mol. The average Bonchev–Trinajstić information content (AvgIpc) is 2.71. The molecule has 4 heteroatoms. The Morgan fingerprint density at radius 1 is 1.32 bits per heavy atom. The second kappa shape index (κ2) is 6.35. The summed E-state index contributed by atoms with van der Waals surface area (Å²) in [4.78, 5) is 0. The molecule has 3 nitrogen and oxygen atoms in total. The van der Waals surface area contributed by atoms with Crippen molar-refractivity contribution in [3.05, 3.63) is 51.8 Å². The highest BCUT2D eigenvalue weighted by Crippen LogP contribution is 2.25. The molecule has 1 heterocycles. The van der Waals surface area contributed by atoms with E-state index >= 15 is 0 Å². The minimum atomic E-state index is 0.273. The van der Waals surface area contributed by atoms with Gasteiger partial charge in [0.25, 0.3) is 0 Å². The van der Waals surface area contributed by atoms with Crippen molar-refractivity contribution in [1.29, 1.82) is 0 Å². The van der Waals surface area contributed by atoms with E-state index in [4.69, 9.17) is 0 Å². The van der Waals surface area contributed by atoms with Gasteiger partial charge in [0, 0.05) is 7.05 Å². The molecule has 0 aliphatic heterocycles. The van der Waals surface area contributed by atoms with Crippen LogP contribution < -0.4 is 5.32 Å². The highest BCUT2D eigenvalue weighted by molar-refractivity contribution is 9.10. The molecule has 2 aromatic rings. The maximum atomic E-state index is 4.30. The topological polar surface area (TPSA) is 29.9 Å². The van der Waals surface area contributed by atoms with Crippen LogP contribution in [-0.4, -0.2) is 16.3 Å². The van der Waals surface area contributed by atoms with Crippen molar-refractivity contribution in [3.8, 4) is 0 Å². The number of nitrogens with zero attached hydrogens (tertiary/aromatic N) is 2. The first-order valence-corrected chi connectivity index (χ1v) is 7.37. The van der Waals surface area contributed by atoms with Crippen molar-refractivity contribution in [2.75, 3.05) is 6.54 Å². The summed E-state index contributed by atoms with van der Waals surface area (Å²) in [5, 5.41) is 7.84. The summed E-state index contributed by atoms with van der Waals surface area (Å²) in [6.07, 6.45) is 2.82. The number of hydrogen-bond acceptors (Lipinski definition) is 2. The summed E-state index contributed by atoms with van der Waals surface area (Å²) in [6, 6.07) is 9.00. The molecule has 0 saturated heterocycles. The van der Waals surface area contributed by atoms with Crippen LogP contribution in [-0.2, 0) is 13.5 Å². The molecule has 2 rings (SSSR count). The number of hydrogen-bond donors (Lipinski definition) is 1. The van der Waals surface area contributed by atoms with Crippen LogP contribution in [0.4, 0.5) is 0 Å². The Balaban J connectivity index is 2.23. The number of halogens is 1. The third kappa shape index (κ3) is 3.45. The number of aryl methyl sites for hydroxylation is 2. The lowest BCUT2D eigenvalue weighted by Crippen LogP contribution is -2.25. The van der Waals surface area contributed by atoms with Crippen molar-refractivity contribution in [1.82, 2.24) is 15.1 Å². The zero-order chi connectivity index (χ0) is 13.8. The average molecular weight is 322 g/mol. The summed E-state index contributed by atoms with van der Waals surface area (Å²) >= 11 is 3.59. The molecule has 19 heavy (non-hydrogen) atoms. The van der Waals surface area contributed by atoms with Gasteiger partial charge in [-0.25, -0.2) is 0 Å². The maximum absolute atomic E-state index is 4.30. The van der Waals surface area contributed by atoms with Crippen LogP contribution in [0.25, 0.3) is 0 Å². The molecule has 0 bridgehead atoms. The van der Waals surface area contributed by atoms with Crippen molar-refractivity contribution in [3.63, 3.8) is 0 Å². The minimum Gasteiger partial charge on any atom is -0.309 e. The van der Waals surface area contributed by atoms with Crippen LogP contribution in [0.3, 0.4) is 0 Å². The van der Waals surface area contributed by atoms with Gasteiger partial charge in [-0.3, -0.25) is 4.68 Å². The summed E-state index contributed by atoms with van der Waals surface area (Å²) < 4.78 is 3.00. The van der Waals surface area contributed by atoms with Crippen molar-refractivity contribution in [2.24, 2.45) is 7.05 Å². The van der Waals surface area contributed by atoms with Crippen molar-refractivity contribution < 1.29 is 0 Å². The standard InChI is InChI=1S/C15H20BrN3/c1-4-17-14(15-13(16)10-18-19(15)3)9-12-7-5-11(2)6-8-12/h5-8,10,14,17H,4,9H2,1-3H3. The molecule has 0 radical (unpaired) electrons. The van der Waals surface area contributed by atoms with E-state index in [0.29, 0.717) is 0 Å². The molecule has 1 aromatic carbocycles. The smallest absolute Gasteiger partial charge is 0.0695 e. The minimum absolute atomic E-state index is 0.273. The second-order valence-electron chi connectivity index (χ2n) is 4.80. The van der Waals surface area contributed by atoms with Gasteiger partial charge in [0.2, 0.25) is 0 Å². The largest absolute Gasteiger partial charge is 0.309 e. The SMILES string of the molecule is CCNC(Cc1ccc(C)cc1)c1c(Br)cnn1C. The summed E-state index contributed by atoms with van der Waals surface area (Å²) in [5.41, 5.74) is 3.83. The van der Waals surface area contributed by atoms with E-state index in [1.165, 1.54) is 16.8 Å². The third-order valence-electron chi connectivity index (χ3n) is 3.28. The number of benzene rings is 1. The van der Waals surface area contributed by atoms with Gasteiger partial charge in [-0.2, -0.15) is 5.10 Å². The molecule has 1 N–H and O–H groups in total. The predicted octanol–water partition coefficient (Wildman–Crippen LogP) is 3.38. The van der Waals surface area contributed by atoms with E-state index in [9.17, 15) is 0 Å². The molecular formula is C15H20BrN3. The Morgan fingerprint density at radius 3 is 2.53 bits per heavy atom. The van der Waals surface area contributed by atoms with Crippen LogP contribution in [0.2, 0.25) is 0 Å². The summed E-state index contributed by atoms with van der Waals surface area (Å²) in [7, 11) is 1.99. The van der Waals surface area contributed by atoms with Gasteiger partial charge in [0.05, 0.1) is 22.4 Å². The van der Waals surface area contributed by atoms with Crippen LogP contribution in [0, 0.1) is 6.92 Å². The van der Waals surface area contributed by atoms with Gasteiger partial charge in [0.15, 0.2) is 0 Å². The Kier molecular flexibility index (Phi) is 4.77. The molecule has 0 amide bonds. The number of nitrogens with one attached hydrogen (secondary N) is 1.